The van der Waals surface area contributed by atoms with Crippen molar-refractivity contribution < 1.29 is 4.79 Å². The third-order valence-corrected chi connectivity index (χ3v) is 5.30. The lowest BCUT2D eigenvalue weighted by Gasteiger charge is -2.60. The highest BCUT2D eigenvalue weighted by Crippen LogP contribution is 2.57. The maximum Gasteiger partial charge on any atom is 0.298 e. The number of nitrogens with two attached hydrogens (primary N) is 1. The van der Waals surface area contributed by atoms with Crippen molar-refractivity contribution in [1.82, 2.24) is 4.90 Å². The summed E-state index contributed by atoms with van der Waals surface area (Å²) >= 11 is 0. The summed E-state index contributed by atoms with van der Waals surface area (Å²) in [5, 5.41) is 0. The van der Waals surface area contributed by atoms with Crippen molar-refractivity contribution in [2.45, 2.75) is 44.1 Å². The molecule has 0 aromatic heterocycles. The number of amides is 1. The molecule has 0 radical (unpaired) electrons. The van der Waals surface area contributed by atoms with Crippen LogP contribution in [0.5, 0.6) is 0 Å². The average Bonchev–Trinajstić information content (AvgIpc) is 2.33. The van der Waals surface area contributed by atoms with Crippen LogP contribution in [0.4, 0.5) is 0 Å². The summed E-state index contributed by atoms with van der Waals surface area (Å²) in [4.78, 5) is 14.0. The summed E-state index contributed by atoms with van der Waals surface area (Å²) in [5.74, 6) is 4.62. The summed E-state index contributed by atoms with van der Waals surface area (Å²) in [6, 6.07) is 0. The minimum Gasteiger partial charge on any atom is -0.329 e. The standard InChI is InChI=1S/C15H22N2O/c1-2-14(18)17(4-3-16)15-8-11-5-12(9-15)7-13(6-11)10-15/h1,11-13H,3-10,16H2. The van der Waals surface area contributed by atoms with Crippen molar-refractivity contribution in [3.63, 3.8) is 0 Å². The van der Waals surface area contributed by atoms with Gasteiger partial charge in [0.05, 0.1) is 0 Å². The minimum atomic E-state index is -0.151. The molecule has 98 valence electrons. The third-order valence-electron chi connectivity index (χ3n) is 5.30. The van der Waals surface area contributed by atoms with E-state index < -0.39 is 0 Å². The zero-order valence-electron chi connectivity index (χ0n) is 10.9. The van der Waals surface area contributed by atoms with Gasteiger partial charge in [0.15, 0.2) is 0 Å². The first kappa shape index (κ1) is 12.0. The predicted molar refractivity (Wildman–Crippen MR) is 70.5 cm³/mol. The van der Waals surface area contributed by atoms with E-state index in [1.807, 2.05) is 4.90 Å². The van der Waals surface area contributed by atoms with E-state index in [2.05, 4.69) is 5.92 Å². The molecule has 0 atom stereocenters. The van der Waals surface area contributed by atoms with Crippen molar-refractivity contribution in [2.24, 2.45) is 23.5 Å². The summed E-state index contributed by atoms with van der Waals surface area (Å²) < 4.78 is 0. The van der Waals surface area contributed by atoms with E-state index in [0.29, 0.717) is 13.1 Å². The van der Waals surface area contributed by atoms with Gasteiger partial charge in [-0.15, -0.1) is 6.42 Å². The van der Waals surface area contributed by atoms with Gasteiger partial charge in [0.1, 0.15) is 0 Å². The van der Waals surface area contributed by atoms with Crippen molar-refractivity contribution in [2.75, 3.05) is 13.1 Å². The second-order valence-corrected chi connectivity index (χ2v) is 6.53. The number of terminal acetylenes is 1. The molecule has 3 heteroatoms. The molecule has 4 rings (SSSR count). The van der Waals surface area contributed by atoms with Gasteiger partial charge < -0.3 is 10.6 Å². The van der Waals surface area contributed by atoms with E-state index in [0.717, 1.165) is 37.0 Å². The molecule has 4 aliphatic rings. The maximum absolute atomic E-state index is 12.1. The lowest BCUT2D eigenvalue weighted by Crippen LogP contribution is -2.62. The lowest BCUT2D eigenvalue weighted by molar-refractivity contribution is -0.144. The van der Waals surface area contributed by atoms with Gasteiger partial charge in [-0.1, -0.05) is 0 Å². The van der Waals surface area contributed by atoms with Gasteiger partial charge >= 0.3 is 0 Å². The van der Waals surface area contributed by atoms with Crippen LogP contribution in [0.1, 0.15) is 38.5 Å². The van der Waals surface area contributed by atoms with Crippen LogP contribution < -0.4 is 5.73 Å². The molecule has 2 N–H and O–H groups in total. The van der Waals surface area contributed by atoms with Crippen LogP contribution in [0.3, 0.4) is 0 Å². The number of hydrogen-bond donors (Lipinski definition) is 1. The van der Waals surface area contributed by atoms with Gasteiger partial charge in [0.2, 0.25) is 0 Å². The Hall–Kier alpha value is -1.01. The highest BCUT2D eigenvalue weighted by molar-refractivity contribution is 5.93. The molecule has 0 spiro atoms. The molecule has 0 unspecified atom stereocenters. The Morgan fingerprint density at radius 2 is 1.72 bits per heavy atom. The van der Waals surface area contributed by atoms with Crippen molar-refractivity contribution >= 4 is 5.91 Å². The third kappa shape index (κ3) is 1.75. The van der Waals surface area contributed by atoms with Crippen LogP contribution in [0.2, 0.25) is 0 Å². The number of carbonyl (C=O) groups is 1. The molecule has 4 saturated carbocycles. The fourth-order valence-electron chi connectivity index (χ4n) is 5.16. The van der Waals surface area contributed by atoms with Crippen LogP contribution in [-0.4, -0.2) is 29.4 Å². The summed E-state index contributed by atoms with van der Waals surface area (Å²) in [6.07, 6.45) is 12.9. The SMILES string of the molecule is C#CC(=O)N(CCN)C12CC3CC(CC(C3)C1)C2. The monoisotopic (exact) mass is 246 g/mol. The minimum absolute atomic E-state index is 0.0531. The quantitative estimate of drug-likeness (QED) is 0.765. The lowest BCUT2D eigenvalue weighted by atomic mass is 9.52. The van der Waals surface area contributed by atoms with Gasteiger partial charge in [0, 0.05) is 18.6 Å². The van der Waals surface area contributed by atoms with Gasteiger partial charge in [-0.3, -0.25) is 4.79 Å². The van der Waals surface area contributed by atoms with Gasteiger partial charge in [-0.2, -0.15) is 0 Å². The second kappa shape index (κ2) is 4.28. The molecular formula is C15H22N2O. The Bertz CT molecular complexity index is 361. The van der Waals surface area contributed by atoms with Crippen LogP contribution in [0, 0.1) is 30.1 Å². The van der Waals surface area contributed by atoms with Gasteiger partial charge in [-0.05, 0) is 62.2 Å². The van der Waals surface area contributed by atoms with Crippen LogP contribution in [0.25, 0.3) is 0 Å². The zero-order valence-corrected chi connectivity index (χ0v) is 10.9. The molecule has 3 nitrogen and oxygen atoms in total. The van der Waals surface area contributed by atoms with Gasteiger partial charge in [0.25, 0.3) is 5.91 Å². The molecule has 18 heavy (non-hydrogen) atoms. The molecule has 4 fully saturated rings. The van der Waals surface area contributed by atoms with Crippen LogP contribution in [0.15, 0.2) is 0 Å². The molecule has 4 bridgehead atoms. The fourth-order valence-corrected chi connectivity index (χ4v) is 5.16. The van der Waals surface area contributed by atoms with E-state index in [1.165, 1.54) is 19.3 Å². The molecule has 4 aliphatic carbocycles. The zero-order chi connectivity index (χ0) is 12.8. The molecule has 0 heterocycles. The van der Waals surface area contributed by atoms with Crippen LogP contribution in [-0.2, 0) is 4.79 Å². The number of nitrogens with zero attached hydrogens (tertiary/aromatic N) is 1. The highest BCUT2D eigenvalue weighted by atomic mass is 16.2. The van der Waals surface area contributed by atoms with Crippen molar-refractivity contribution in [1.29, 1.82) is 0 Å². The first-order valence-electron chi connectivity index (χ1n) is 7.15. The smallest absolute Gasteiger partial charge is 0.298 e. The maximum atomic E-state index is 12.1. The van der Waals surface area contributed by atoms with Crippen molar-refractivity contribution in [3.8, 4) is 12.3 Å². The molecule has 1 amide bonds. The molecule has 0 saturated heterocycles. The van der Waals surface area contributed by atoms with E-state index in [9.17, 15) is 4.79 Å². The number of carbonyl (C=O) groups excluding carboxylic acids is 1. The summed E-state index contributed by atoms with van der Waals surface area (Å²) in [6.45, 7) is 1.13. The molecule has 0 aromatic rings. The van der Waals surface area contributed by atoms with Crippen molar-refractivity contribution in [3.05, 3.63) is 0 Å². The van der Waals surface area contributed by atoms with Crippen LogP contribution >= 0.6 is 0 Å². The average molecular weight is 246 g/mol. The first-order chi connectivity index (χ1) is 8.66. The Balaban J connectivity index is 1.88. The fraction of sp³-hybridized carbons (Fsp3) is 0.800. The highest BCUT2D eigenvalue weighted by Gasteiger charge is 2.54. The second-order valence-electron chi connectivity index (χ2n) is 6.53. The van der Waals surface area contributed by atoms with Gasteiger partial charge in [-0.25, -0.2) is 0 Å². The topological polar surface area (TPSA) is 46.3 Å². The largest absolute Gasteiger partial charge is 0.329 e. The summed E-state index contributed by atoms with van der Waals surface area (Å²) in [5.41, 5.74) is 5.73. The number of rotatable bonds is 3. The summed E-state index contributed by atoms with van der Waals surface area (Å²) in [7, 11) is 0. The Labute approximate surface area is 109 Å². The van der Waals surface area contributed by atoms with E-state index in [-0.39, 0.29) is 11.4 Å². The Kier molecular flexibility index (Phi) is 2.86. The predicted octanol–water partition coefficient (Wildman–Crippen LogP) is 1.38. The number of hydrogen-bond acceptors (Lipinski definition) is 2. The normalized spacial score (nSPS) is 40.6. The Morgan fingerprint density at radius 3 is 2.11 bits per heavy atom. The molecule has 0 aromatic carbocycles. The van der Waals surface area contributed by atoms with E-state index >= 15 is 0 Å². The first-order valence-corrected chi connectivity index (χ1v) is 7.15. The van der Waals surface area contributed by atoms with E-state index in [1.54, 1.807) is 0 Å². The Morgan fingerprint density at radius 1 is 1.22 bits per heavy atom. The van der Waals surface area contributed by atoms with E-state index in [4.69, 9.17) is 12.2 Å². The molecular weight excluding hydrogens is 224 g/mol. The molecule has 0 aliphatic heterocycles.